The summed E-state index contributed by atoms with van der Waals surface area (Å²) in [6.45, 7) is 5.64. The van der Waals surface area contributed by atoms with Crippen LogP contribution < -0.4 is 5.32 Å². The highest BCUT2D eigenvalue weighted by molar-refractivity contribution is 7.18. The first-order chi connectivity index (χ1) is 8.98. The lowest BCUT2D eigenvalue weighted by atomic mass is 9.96. The van der Waals surface area contributed by atoms with Crippen molar-refractivity contribution in [3.63, 3.8) is 0 Å². The standard InChI is InChI=1S/C13H17N3O2S/c1-4-5-13(3,12(17)18)16-11-10-9(14-7-15-11)8(2)6-19-10/h6-7H,4-5H2,1-3H3,(H,17,18)(H,14,15,16). The number of aromatic nitrogens is 2. The van der Waals surface area contributed by atoms with Crippen molar-refractivity contribution in [1.29, 1.82) is 0 Å². The fourth-order valence-electron chi connectivity index (χ4n) is 2.04. The predicted octanol–water partition coefficient (Wildman–Crippen LogP) is 3.06. The fraction of sp³-hybridized carbons (Fsp3) is 0.462. The number of carboxylic acids is 1. The van der Waals surface area contributed by atoms with E-state index in [2.05, 4.69) is 15.3 Å². The Kier molecular flexibility index (Phi) is 3.71. The number of carboxylic acid groups (broad SMARTS) is 1. The summed E-state index contributed by atoms with van der Waals surface area (Å²) in [5, 5.41) is 14.5. The van der Waals surface area contributed by atoms with Gasteiger partial charge in [0.2, 0.25) is 0 Å². The molecule has 1 atom stereocenters. The number of aryl methyl sites for hydroxylation is 1. The highest BCUT2D eigenvalue weighted by atomic mass is 32.1. The molecule has 1 unspecified atom stereocenters. The zero-order valence-corrected chi connectivity index (χ0v) is 12.0. The molecule has 2 heterocycles. The van der Waals surface area contributed by atoms with E-state index in [-0.39, 0.29) is 0 Å². The van der Waals surface area contributed by atoms with Gasteiger partial charge in [0.1, 0.15) is 17.7 Å². The van der Waals surface area contributed by atoms with E-state index < -0.39 is 11.5 Å². The van der Waals surface area contributed by atoms with Gasteiger partial charge in [-0.2, -0.15) is 0 Å². The molecule has 5 nitrogen and oxygen atoms in total. The highest BCUT2D eigenvalue weighted by Crippen LogP contribution is 2.31. The van der Waals surface area contributed by atoms with Gasteiger partial charge in [0.25, 0.3) is 0 Å². The van der Waals surface area contributed by atoms with Crippen LogP contribution in [0.25, 0.3) is 10.2 Å². The molecule has 0 saturated carbocycles. The van der Waals surface area contributed by atoms with Crippen molar-refractivity contribution >= 4 is 33.3 Å². The number of nitrogens with one attached hydrogen (secondary N) is 1. The number of hydrogen-bond donors (Lipinski definition) is 2. The summed E-state index contributed by atoms with van der Waals surface area (Å²) in [6.07, 6.45) is 2.80. The third kappa shape index (κ3) is 2.53. The number of carbonyl (C=O) groups is 1. The Morgan fingerprint density at radius 3 is 2.89 bits per heavy atom. The molecule has 0 aliphatic heterocycles. The number of anilines is 1. The molecule has 0 spiro atoms. The Bertz CT molecular complexity index is 611. The fourth-order valence-corrected chi connectivity index (χ4v) is 2.99. The van der Waals surface area contributed by atoms with Crippen LogP contribution in [0.4, 0.5) is 5.82 Å². The number of nitrogens with zero attached hydrogens (tertiary/aromatic N) is 2. The molecule has 0 bridgehead atoms. The van der Waals surface area contributed by atoms with Gasteiger partial charge < -0.3 is 10.4 Å². The molecular formula is C13H17N3O2S. The van der Waals surface area contributed by atoms with E-state index in [0.717, 1.165) is 22.2 Å². The summed E-state index contributed by atoms with van der Waals surface area (Å²) in [5.74, 6) is -0.268. The molecule has 0 radical (unpaired) electrons. The molecule has 2 N–H and O–H groups in total. The predicted molar refractivity (Wildman–Crippen MR) is 76.7 cm³/mol. The number of aliphatic carboxylic acids is 1. The van der Waals surface area contributed by atoms with E-state index in [1.165, 1.54) is 17.7 Å². The molecule has 0 saturated heterocycles. The summed E-state index contributed by atoms with van der Waals surface area (Å²) >= 11 is 1.53. The van der Waals surface area contributed by atoms with Gasteiger partial charge in [-0.05, 0) is 31.2 Å². The number of thiophene rings is 1. The maximum absolute atomic E-state index is 11.5. The van der Waals surface area contributed by atoms with Crippen LogP contribution in [0.5, 0.6) is 0 Å². The highest BCUT2D eigenvalue weighted by Gasteiger charge is 2.33. The van der Waals surface area contributed by atoms with E-state index >= 15 is 0 Å². The summed E-state index contributed by atoms with van der Waals surface area (Å²) in [5.41, 5.74) is 0.957. The zero-order valence-electron chi connectivity index (χ0n) is 11.2. The van der Waals surface area contributed by atoms with Gasteiger partial charge in [-0.25, -0.2) is 14.8 Å². The minimum atomic E-state index is -1.01. The summed E-state index contributed by atoms with van der Waals surface area (Å²) in [6, 6.07) is 0. The van der Waals surface area contributed by atoms with Crippen molar-refractivity contribution in [2.45, 2.75) is 39.2 Å². The SMILES string of the molecule is CCCC(C)(Nc1ncnc2c(C)csc12)C(=O)O. The molecule has 2 rings (SSSR count). The van der Waals surface area contributed by atoms with Crippen molar-refractivity contribution in [3.8, 4) is 0 Å². The van der Waals surface area contributed by atoms with Crippen LogP contribution in [0, 0.1) is 6.92 Å². The van der Waals surface area contributed by atoms with Crippen molar-refractivity contribution in [3.05, 3.63) is 17.3 Å². The summed E-state index contributed by atoms with van der Waals surface area (Å²) in [4.78, 5) is 19.9. The Labute approximate surface area is 115 Å². The lowest BCUT2D eigenvalue weighted by molar-refractivity contribution is -0.142. The van der Waals surface area contributed by atoms with E-state index in [9.17, 15) is 9.90 Å². The third-order valence-electron chi connectivity index (χ3n) is 3.15. The Balaban J connectivity index is 2.42. The van der Waals surface area contributed by atoms with Gasteiger partial charge in [0, 0.05) is 0 Å². The first-order valence-electron chi connectivity index (χ1n) is 6.18. The summed E-state index contributed by atoms with van der Waals surface area (Å²) < 4.78 is 0.906. The van der Waals surface area contributed by atoms with Crippen LogP contribution in [-0.2, 0) is 4.79 Å². The van der Waals surface area contributed by atoms with Crippen LogP contribution in [0.3, 0.4) is 0 Å². The smallest absolute Gasteiger partial charge is 0.329 e. The lowest BCUT2D eigenvalue weighted by Gasteiger charge is -2.26. The van der Waals surface area contributed by atoms with Crippen molar-refractivity contribution in [2.24, 2.45) is 0 Å². The van der Waals surface area contributed by atoms with Crippen LogP contribution in [0.15, 0.2) is 11.7 Å². The van der Waals surface area contributed by atoms with Gasteiger partial charge in [-0.3, -0.25) is 0 Å². The van der Waals surface area contributed by atoms with E-state index in [1.54, 1.807) is 6.92 Å². The van der Waals surface area contributed by atoms with Crippen molar-refractivity contribution in [1.82, 2.24) is 9.97 Å². The second-order valence-electron chi connectivity index (χ2n) is 4.83. The lowest BCUT2D eigenvalue weighted by Crippen LogP contribution is -2.43. The van der Waals surface area contributed by atoms with Gasteiger partial charge in [0.15, 0.2) is 0 Å². The molecule has 2 aromatic heterocycles. The quantitative estimate of drug-likeness (QED) is 0.879. The van der Waals surface area contributed by atoms with Crippen molar-refractivity contribution in [2.75, 3.05) is 5.32 Å². The minimum Gasteiger partial charge on any atom is -0.480 e. The first kappa shape index (κ1) is 13.7. The number of rotatable bonds is 5. The molecule has 102 valence electrons. The normalized spacial score (nSPS) is 14.3. The van der Waals surface area contributed by atoms with E-state index in [1.807, 2.05) is 19.2 Å². The Morgan fingerprint density at radius 2 is 2.26 bits per heavy atom. The molecule has 0 aromatic carbocycles. The van der Waals surface area contributed by atoms with Gasteiger partial charge >= 0.3 is 5.97 Å². The number of fused-ring (bicyclic) bond motifs is 1. The molecular weight excluding hydrogens is 262 g/mol. The maximum atomic E-state index is 11.5. The molecule has 6 heteroatoms. The minimum absolute atomic E-state index is 0.540. The Hall–Kier alpha value is -1.69. The summed E-state index contributed by atoms with van der Waals surface area (Å²) in [7, 11) is 0. The second kappa shape index (κ2) is 5.13. The molecule has 19 heavy (non-hydrogen) atoms. The van der Waals surface area contributed by atoms with Crippen LogP contribution in [0.1, 0.15) is 32.3 Å². The van der Waals surface area contributed by atoms with Gasteiger partial charge in [0.05, 0.1) is 10.2 Å². The zero-order chi connectivity index (χ0) is 14.0. The molecule has 0 fully saturated rings. The number of hydrogen-bond acceptors (Lipinski definition) is 5. The van der Waals surface area contributed by atoms with E-state index in [0.29, 0.717) is 12.2 Å². The third-order valence-corrected chi connectivity index (χ3v) is 4.24. The molecule has 2 aromatic rings. The second-order valence-corrected chi connectivity index (χ2v) is 5.71. The van der Waals surface area contributed by atoms with Gasteiger partial charge in [-0.15, -0.1) is 11.3 Å². The maximum Gasteiger partial charge on any atom is 0.329 e. The van der Waals surface area contributed by atoms with Crippen LogP contribution in [-0.4, -0.2) is 26.6 Å². The van der Waals surface area contributed by atoms with E-state index in [4.69, 9.17) is 0 Å². The molecule has 0 aliphatic carbocycles. The monoisotopic (exact) mass is 279 g/mol. The molecule has 0 aliphatic rings. The first-order valence-corrected chi connectivity index (χ1v) is 7.06. The topological polar surface area (TPSA) is 75.1 Å². The average Bonchev–Trinajstić information content (AvgIpc) is 2.73. The van der Waals surface area contributed by atoms with Crippen LogP contribution in [0.2, 0.25) is 0 Å². The largest absolute Gasteiger partial charge is 0.480 e. The average molecular weight is 279 g/mol. The van der Waals surface area contributed by atoms with Crippen LogP contribution >= 0.6 is 11.3 Å². The Morgan fingerprint density at radius 1 is 1.53 bits per heavy atom. The van der Waals surface area contributed by atoms with Gasteiger partial charge in [-0.1, -0.05) is 13.3 Å². The molecule has 0 amide bonds. The van der Waals surface area contributed by atoms with Crippen molar-refractivity contribution < 1.29 is 9.90 Å².